The second kappa shape index (κ2) is 11.0. The van der Waals surface area contributed by atoms with Gasteiger partial charge in [0.05, 0.1) is 24.7 Å². The van der Waals surface area contributed by atoms with Gasteiger partial charge in [-0.1, -0.05) is 62.7 Å². The van der Waals surface area contributed by atoms with Crippen LogP contribution in [0.4, 0.5) is 0 Å². The predicted molar refractivity (Wildman–Crippen MR) is 175 cm³/mol. The van der Waals surface area contributed by atoms with E-state index in [0.717, 1.165) is 16.7 Å². The fourth-order valence-corrected chi connectivity index (χ4v) is 11.9. The van der Waals surface area contributed by atoms with Crippen molar-refractivity contribution < 1.29 is 33.3 Å². The molecule has 5 aliphatic rings. The van der Waals surface area contributed by atoms with Crippen LogP contribution in [0.3, 0.4) is 0 Å². The van der Waals surface area contributed by atoms with E-state index in [1.807, 2.05) is 19.9 Å². The number of hydrogen-bond acceptors (Lipinski definition) is 7. The summed E-state index contributed by atoms with van der Waals surface area (Å²) in [4.78, 5) is 26.2. The number of cyclic esters (lactones) is 1. The molecule has 1 aromatic rings. The molecule has 1 aromatic carbocycles. The van der Waals surface area contributed by atoms with Crippen LogP contribution in [0, 0.1) is 24.2 Å². The van der Waals surface area contributed by atoms with Crippen LogP contribution < -0.4 is 0 Å². The van der Waals surface area contributed by atoms with Crippen LogP contribution in [0.15, 0.2) is 12.1 Å². The summed E-state index contributed by atoms with van der Waals surface area (Å²) in [7, 11) is -2.38. The first kappa shape index (κ1) is 33.4. The van der Waals surface area contributed by atoms with Gasteiger partial charge in [0.15, 0.2) is 20.4 Å². The highest BCUT2D eigenvalue weighted by atomic mass is 79.9. The van der Waals surface area contributed by atoms with Crippen LogP contribution >= 0.6 is 39.1 Å². The van der Waals surface area contributed by atoms with Gasteiger partial charge in [0.2, 0.25) is 0 Å². The van der Waals surface area contributed by atoms with Gasteiger partial charge in [-0.15, -0.1) is 23.2 Å². The van der Waals surface area contributed by atoms with E-state index in [4.69, 9.17) is 41.8 Å². The smallest absolute Gasteiger partial charge is 0.309 e. The molecule has 3 saturated heterocycles. The van der Waals surface area contributed by atoms with Crippen molar-refractivity contribution in [3.63, 3.8) is 0 Å². The third-order valence-corrected chi connectivity index (χ3v) is 18.1. The molecular formula is C33H45BrCl2O7Si. The molecule has 1 saturated carbocycles. The maximum Gasteiger partial charge on any atom is 0.309 e. The molecule has 2 bridgehead atoms. The molecule has 2 aliphatic carbocycles. The van der Waals surface area contributed by atoms with Crippen LogP contribution in [0.25, 0.3) is 0 Å². The maximum atomic E-state index is 14.7. The highest BCUT2D eigenvalue weighted by Crippen LogP contribution is 2.68. The van der Waals surface area contributed by atoms with Crippen molar-refractivity contribution in [1.82, 2.24) is 0 Å². The summed E-state index contributed by atoms with van der Waals surface area (Å²) in [6, 6.07) is 4.11. The Balaban J connectivity index is 1.44. The van der Waals surface area contributed by atoms with E-state index in [-0.39, 0.29) is 45.5 Å². The number of carbonyl (C=O) groups excluding carboxylic acids is 2. The standard InChI is InChI=1S/C33H45BrCl2O7Si/c1-15-11-21(41-29(15)38)27(43-44(7,8)31(3,4)5)24(28(35)36)18-9-10-19-20-12-22(34)33-30(39)40-14-17(42-33)13-32(33,6)25(20)26(37)23(19)16(18)2/h9-10,15,17,20-22,24-25,27-28,30,39H,11-14H2,1-8H3/t15-,17+,20-,21+,22+,24-,25+,27+,30+,32+,33+/m0/s1. The number of halogens is 3. The molecule has 11 atom stereocenters. The Morgan fingerprint density at radius 2 is 1.86 bits per heavy atom. The lowest BCUT2D eigenvalue weighted by molar-refractivity contribution is -0.303. The first-order valence-corrected chi connectivity index (χ1v) is 20.5. The molecule has 0 aromatic heterocycles. The van der Waals surface area contributed by atoms with Crippen LogP contribution in [0.5, 0.6) is 0 Å². The number of benzene rings is 1. The zero-order chi connectivity index (χ0) is 32.3. The molecule has 0 amide bonds. The van der Waals surface area contributed by atoms with Crippen LogP contribution in [0.1, 0.15) is 92.8 Å². The molecule has 6 rings (SSSR count). The average Bonchev–Trinajstić information content (AvgIpc) is 3.49. The molecule has 1 N–H and O–H groups in total. The van der Waals surface area contributed by atoms with Gasteiger partial charge in [0.25, 0.3) is 0 Å². The van der Waals surface area contributed by atoms with Crippen molar-refractivity contribution >= 4 is 59.2 Å². The number of fused-ring (bicyclic) bond motifs is 5. The molecule has 0 radical (unpaired) electrons. The van der Waals surface area contributed by atoms with Gasteiger partial charge < -0.3 is 23.7 Å². The third-order valence-electron chi connectivity index (χ3n) is 12.0. The van der Waals surface area contributed by atoms with Gasteiger partial charge in [-0.2, -0.15) is 0 Å². The molecule has 244 valence electrons. The Bertz CT molecular complexity index is 1370. The number of Topliss-reactive ketones (excluding diaryl/α,β-unsaturated/α-hetero) is 1. The van der Waals surface area contributed by atoms with Gasteiger partial charge in [-0.05, 0) is 66.9 Å². The average molecular weight is 733 g/mol. The fourth-order valence-electron chi connectivity index (χ4n) is 8.77. The zero-order valence-corrected chi connectivity index (χ0v) is 30.9. The minimum Gasteiger partial charge on any atom is -0.459 e. The predicted octanol–water partition coefficient (Wildman–Crippen LogP) is 7.17. The van der Waals surface area contributed by atoms with E-state index >= 15 is 0 Å². The highest BCUT2D eigenvalue weighted by molar-refractivity contribution is 9.09. The van der Waals surface area contributed by atoms with Crippen LogP contribution in [0.2, 0.25) is 18.1 Å². The summed E-state index contributed by atoms with van der Waals surface area (Å²) in [5, 5.41) is 11.1. The molecule has 3 aliphatic heterocycles. The van der Waals surface area contributed by atoms with E-state index in [1.165, 1.54) is 0 Å². The molecule has 0 unspecified atom stereocenters. The zero-order valence-electron chi connectivity index (χ0n) is 26.8. The summed E-state index contributed by atoms with van der Waals surface area (Å²) in [5.74, 6) is -1.36. The Kier molecular flexibility index (Phi) is 8.35. The lowest BCUT2D eigenvalue weighted by Crippen LogP contribution is -2.66. The third kappa shape index (κ3) is 4.68. The Morgan fingerprint density at radius 3 is 2.45 bits per heavy atom. The van der Waals surface area contributed by atoms with Crippen molar-refractivity contribution in [2.45, 2.75) is 131 Å². The fraction of sp³-hybridized carbons (Fsp3) is 0.758. The Labute approximate surface area is 280 Å². The number of ether oxygens (including phenoxy) is 3. The van der Waals surface area contributed by atoms with Crippen LogP contribution in [-0.2, 0) is 23.4 Å². The van der Waals surface area contributed by atoms with Crippen molar-refractivity contribution in [3.05, 3.63) is 34.4 Å². The lowest BCUT2D eigenvalue weighted by Gasteiger charge is -2.55. The second-order valence-electron chi connectivity index (χ2n) is 15.6. The topological polar surface area (TPSA) is 91.3 Å². The van der Waals surface area contributed by atoms with Gasteiger partial charge in [0, 0.05) is 27.6 Å². The van der Waals surface area contributed by atoms with Crippen molar-refractivity contribution in [3.8, 4) is 0 Å². The first-order valence-electron chi connectivity index (χ1n) is 15.8. The summed E-state index contributed by atoms with van der Waals surface area (Å²) >= 11 is 17.6. The Hall–Kier alpha value is -0.523. The molecule has 3 heterocycles. The molecule has 7 nitrogen and oxygen atoms in total. The number of hydrogen-bond donors (Lipinski definition) is 1. The maximum absolute atomic E-state index is 14.7. The summed E-state index contributed by atoms with van der Waals surface area (Å²) < 4.78 is 25.3. The highest BCUT2D eigenvalue weighted by Gasteiger charge is 2.74. The van der Waals surface area contributed by atoms with E-state index in [0.29, 0.717) is 31.4 Å². The number of rotatable bonds is 6. The normalized spacial score (nSPS) is 39.6. The summed E-state index contributed by atoms with van der Waals surface area (Å²) in [6.07, 6.45) is -0.587. The van der Waals surface area contributed by atoms with Crippen molar-refractivity contribution in [2.75, 3.05) is 6.61 Å². The molecule has 4 fully saturated rings. The van der Waals surface area contributed by atoms with Gasteiger partial charge >= 0.3 is 5.97 Å². The second-order valence-corrected chi connectivity index (χ2v) is 22.6. The molecule has 11 heteroatoms. The number of ketones is 1. The monoisotopic (exact) mass is 730 g/mol. The molecule has 1 spiro atoms. The SMILES string of the molecule is Cc1c([C@H](C(Cl)Cl)[C@H](O[Si](C)(C)C(C)(C)C)[C@H]2C[C@H](C)C(=O)O2)ccc2c1C(=O)[C@H]1[C@H]2C[C@@H](Br)[C@@]23O[C@@H](CO[C@H]2O)C[C@]13C. The van der Waals surface area contributed by atoms with Gasteiger partial charge in [-0.25, -0.2) is 0 Å². The van der Waals surface area contributed by atoms with E-state index < -0.39 is 48.6 Å². The van der Waals surface area contributed by atoms with E-state index in [1.54, 1.807) is 0 Å². The number of alkyl halides is 3. The minimum absolute atomic E-state index is 0.0300. The molecule has 44 heavy (non-hydrogen) atoms. The number of aliphatic hydroxyl groups excluding tert-OH is 1. The van der Waals surface area contributed by atoms with Crippen molar-refractivity contribution in [2.24, 2.45) is 17.3 Å². The molecular weight excluding hydrogens is 687 g/mol. The largest absolute Gasteiger partial charge is 0.459 e. The van der Waals surface area contributed by atoms with Gasteiger partial charge in [0.1, 0.15) is 16.5 Å². The lowest BCUT2D eigenvalue weighted by atomic mass is 9.54. The quantitative estimate of drug-likeness (QED) is 0.189. The summed E-state index contributed by atoms with van der Waals surface area (Å²) in [5.41, 5.74) is 1.76. The number of aliphatic hydroxyl groups is 1. The first-order chi connectivity index (χ1) is 20.4. The summed E-state index contributed by atoms with van der Waals surface area (Å²) in [6.45, 7) is 17.1. The van der Waals surface area contributed by atoms with Gasteiger partial charge in [-0.3, -0.25) is 9.59 Å². The van der Waals surface area contributed by atoms with Crippen LogP contribution in [-0.4, -0.2) is 71.6 Å². The minimum atomic E-state index is -2.38. The number of esters is 1. The number of carbonyl (C=O) groups is 2. The van der Waals surface area contributed by atoms with Crippen molar-refractivity contribution in [1.29, 1.82) is 0 Å². The Morgan fingerprint density at radius 1 is 1.18 bits per heavy atom. The van der Waals surface area contributed by atoms with E-state index in [2.05, 4.69) is 62.8 Å². The van der Waals surface area contributed by atoms with E-state index in [9.17, 15) is 14.7 Å².